The minimum absolute atomic E-state index is 0.206. The summed E-state index contributed by atoms with van der Waals surface area (Å²) in [5.41, 5.74) is 0.707. The van der Waals surface area contributed by atoms with Crippen molar-refractivity contribution >= 4 is 23.4 Å². The van der Waals surface area contributed by atoms with E-state index in [9.17, 15) is 18.0 Å². The second kappa shape index (κ2) is 7.36. The zero-order valence-electron chi connectivity index (χ0n) is 13.4. The van der Waals surface area contributed by atoms with Crippen LogP contribution in [0.1, 0.15) is 17.5 Å². The molecule has 136 valence electrons. The lowest BCUT2D eigenvalue weighted by molar-refractivity contribution is -0.137. The molecule has 0 spiro atoms. The Morgan fingerprint density at radius 3 is 2.54 bits per heavy atom. The number of benzene rings is 1. The average Bonchev–Trinajstić information content (AvgIpc) is 2.62. The lowest BCUT2D eigenvalue weighted by Crippen LogP contribution is -2.33. The van der Waals surface area contributed by atoms with Crippen LogP contribution in [0.4, 0.5) is 18.0 Å². The molecule has 1 aromatic carbocycles. The van der Waals surface area contributed by atoms with Crippen LogP contribution in [-0.4, -0.2) is 39.2 Å². The van der Waals surface area contributed by atoms with Gasteiger partial charge < -0.3 is 10.0 Å². The summed E-state index contributed by atoms with van der Waals surface area (Å²) in [4.78, 5) is 20.8. The number of carbonyl (C=O) groups is 1. The predicted octanol–water partition coefficient (Wildman–Crippen LogP) is 4.41. The number of hydrogen-bond acceptors (Lipinski definition) is 4. The monoisotopic (exact) mass is 381 g/mol. The Labute approximate surface area is 151 Å². The number of nitrogens with zero attached hydrogens (tertiary/aromatic N) is 3. The van der Waals surface area contributed by atoms with Crippen LogP contribution in [0.25, 0.3) is 5.57 Å². The highest BCUT2D eigenvalue weighted by atomic mass is 32.2. The maximum Gasteiger partial charge on any atom is 0.416 e. The second-order valence-electron chi connectivity index (χ2n) is 5.55. The first-order chi connectivity index (χ1) is 12.3. The van der Waals surface area contributed by atoms with Gasteiger partial charge in [0.2, 0.25) is 0 Å². The molecule has 2 heterocycles. The third kappa shape index (κ3) is 4.16. The molecule has 2 aromatic rings. The largest absolute Gasteiger partial charge is 0.465 e. The zero-order chi connectivity index (χ0) is 18.7. The van der Waals surface area contributed by atoms with Gasteiger partial charge in [0.15, 0.2) is 5.16 Å². The Morgan fingerprint density at radius 1 is 1.23 bits per heavy atom. The van der Waals surface area contributed by atoms with E-state index in [1.807, 2.05) is 0 Å². The maximum absolute atomic E-state index is 13.1. The second-order valence-corrected chi connectivity index (χ2v) is 6.56. The number of carboxylic acid groups (broad SMARTS) is 1. The van der Waals surface area contributed by atoms with Crippen molar-refractivity contribution in [2.24, 2.45) is 0 Å². The summed E-state index contributed by atoms with van der Waals surface area (Å²) in [7, 11) is 0. The van der Waals surface area contributed by atoms with Gasteiger partial charge in [-0.25, -0.2) is 14.8 Å². The molecule has 1 aliphatic rings. The van der Waals surface area contributed by atoms with Gasteiger partial charge in [-0.15, -0.1) is 0 Å². The molecule has 0 fully saturated rings. The smallest absolute Gasteiger partial charge is 0.416 e. The third-order valence-corrected chi connectivity index (χ3v) is 4.83. The van der Waals surface area contributed by atoms with Crippen LogP contribution >= 0.6 is 11.8 Å². The average molecular weight is 381 g/mol. The van der Waals surface area contributed by atoms with E-state index in [4.69, 9.17) is 5.11 Å². The van der Waals surface area contributed by atoms with Gasteiger partial charge in [0, 0.05) is 30.4 Å². The molecule has 0 saturated carbocycles. The number of aromatic nitrogens is 2. The summed E-state index contributed by atoms with van der Waals surface area (Å²) in [6.07, 6.45) is -0.260. The summed E-state index contributed by atoms with van der Waals surface area (Å²) in [5, 5.41) is 9.37. The highest BCUT2D eigenvalue weighted by Gasteiger charge is 2.31. The van der Waals surface area contributed by atoms with Crippen LogP contribution in [0.15, 0.2) is 52.8 Å². The van der Waals surface area contributed by atoms with Gasteiger partial charge >= 0.3 is 12.3 Å². The van der Waals surface area contributed by atoms with E-state index in [0.29, 0.717) is 28.6 Å². The van der Waals surface area contributed by atoms with Crippen molar-refractivity contribution in [2.75, 3.05) is 13.1 Å². The number of alkyl halides is 3. The van der Waals surface area contributed by atoms with E-state index < -0.39 is 17.8 Å². The molecule has 0 radical (unpaired) electrons. The minimum atomic E-state index is -4.45. The Bertz CT molecular complexity index is 841. The molecule has 1 aromatic heterocycles. The number of rotatable bonds is 3. The first-order valence-corrected chi connectivity index (χ1v) is 8.49. The van der Waals surface area contributed by atoms with Gasteiger partial charge in [-0.2, -0.15) is 13.2 Å². The fraction of sp³-hybridized carbons (Fsp3) is 0.235. The minimum Gasteiger partial charge on any atom is -0.465 e. The summed E-state index contributed by atoms with van der Waals surface area (Å²) >= 11 is 1.05. The van der Waals surface area contributed by atoms with E-state index in [2.05, 4.69) is 9.97 Å². The first-order valence-electron chi connectivity index (χ1n) is 7.68. The van der Waals surface area contributed by atoms with Gasteiger partial charge in [0.05, 0.1) is 5.56 Å². The maximum atomic E-state index is 13.1. The molecule has 5 nitrogen and oxygen atoms in total. The molecule has 0 aliphatic carbocycles. The Kier molecular flexibility index (Phi) is 5.17. The van der Waals surface area contributed by atoms with Crippen LogP contribution in [0.3, 0.4) is 0 Å². The van der Waals surface area contributed by atoms with E-state index in [1.165, 1.54) is 23.4 Å². The molecule has 1 amide bonds. The van der Waals surface area contributed by atoms with Gasteiger partial charge in [-0.1, -0.05) is 12.1 Å². The van der Waals surface area contributed by atoms with Crippen molar-refractivity contribution in [3.63, 3.8) is 0 Å². The molecule has 1 aliphatic heterocycles. The molecular weight excluding hydrogens is 367 g/mol. The first kappa shape index (κ1) is 18.2. The molecule has 0 atom stereocenters. The van der Waals surface area contributed by atoms with Gasteiger partial charge in [0.1, 0.15) is 0 Å². The lowest BCUT2D eigenvalue weighted by atomic mass is 9.98. The van der Waals surface area contributed by atoms with Crippen molar-refractivity contribution in [3.8, 4) is 0 Å². The van der Waals surface area contributed by atoms with Crippen molar-refractivity contribution in [3.05, 3.63) is 53.9 Å². The predicted molar refractivity (Wildman–Crippen MR) is 89.8 cm³/mol. The zero-order valence-corrected chi connectivity index (χ0v) is 14.2. The standard InChI is InChI=1S/C17H14F3N3O2S/c18-17(19,20)12-2-3-13(11-4-8-23(9-5-11)16(24)25)14(10-12)26-15-21-6-1-7-22-15/h1-4,6-7,10H,5,8-9H2,(H,24,25). The van der Waals surface area contributed by atoms with Gasteiger partial charge in [0.25, 0.3) is 0 Å². The molecule has 9 heteroatoms. The van der Waals surface area contributed by atoms with E-state index in [1.54, 1.807) is 12.1 Å². The van der Waals surface area contributed by atoms with Crippen LogP contribution < -0.4 is 0 Å². The fourth-order valence-corrected chi connectivity index (χ4v) is 3.49. The van der Waals surface area contributed by atoms with Crippen molar-refractivity contribution in [1.82, 2.24) is 14.9 Å². The molecule has 3 rings (SSSR count). The normalized spacial score (nSPS) is 14.9. The number of amides is 1. The highest BCUT2D eigenvalue weighted by Crippen LogP contribution is 2.39. The SMILES string of the molecule is O=C(O)N1CC=C(c2ccc(C(F)(F)F)cc2Sc2ncccn2)CC1. The van der Waals surface area contributed by atoms with Crippen LogP contribution in [0.5, 0.6) is 0 Å². The fourth-order valence-electron chi connectivity index (χ4n) is 2.57. The van der Waals surface area contributed by atoms with Crippen LogP contribution in [0.2, 0.25) is 0 Å². The van der Waals surface area contributed by atoms with E-state index >= 15 is 0 Å². The summed E-state index contributed by atoms with van der Waals surface area (Å²) in [6.45, 7) is 0.506. The number of hydrogen-bond donors (Lipinski definition) is 1. The Morgan fingerprint density at radius 2 is 1.96 bits per heavy atom. The van der Waals surface area contributed by atoms with E-state index in [-0.39, 0.29) is 6.54 Å². The number of halogens is 3. The summed E-state index contributed by atoms with van der Waals surface area (Å²) in [6, 6.07) is 5.17. The molecule has 0 bridgehead atoms. The third-order valence-electron chi connectivity index (χ3n) is 3.88. The molecule has 0 saturated heterocycles. The Hall–Kier alpha value is -2.55. The van der Waals surface area contributed by atoms with Gasteiger partial charge in [-0.05, 0) is 47.5 Å². The van der Waals surface area contributed by atoms with Crippen molar-refractivity contribution in [2.45, 2.75) is 22.6 Å². The Balaban J connectivity index is 1.97. The van der Waals surface area contributed by atoms with E-state index in [0.717, 1.165) is 29.5 Å². The molecule has 1 N–H and O–H groups in total. The van der Waals surface area contributed by atoms with Crippen molar-refractivity contribution in [1.29, 1.82) is 0 Å². The quantitative estimate of drug-likeness (QED) is 0.798. The summed E-state index contributed by atoms with van der Waals surface area (Å²) < 4.78 is 39.3. The molecule has 26 heavy (non-hydrogen) atoms. The van der Waals surface area contributed by atoms with Gasteiger partial charge in [-0.3, -0.25) is 0 Å². The van der Waals surface area contributed by atoms with Crippen LogP contribution in [0, 0.1) is 0 Å². The van der Waals surface area contributed by atoms with Crippen LogP contribution in [-0.2, 0) is 6.18 Å². The highest BCUT2D eigenvalue weighted by molar-refractivity contribution is 7.99. The summed E-state index contributed by atoms with van der Waals surface area (Å²) in [5.74, 6) is 0. The molecule has 0 unspecified atom stereocenters. The molecular formula is C17H14F3N3O2S. The lowest BCUT2D eigenvalue weighted by Gasteiger charge is -2.25. The van der Waals surface area contributed by atoms with Crippen molar-refractivity contribution < 1.29 is 23.1 Å². The topological polar surface area (TPSA) is 66.3 Å².